The van der Waals surface area contributed by atoms with Crippen molar-refractivity contribution in [3.05, 3.63) is 22.6 Å². The van der Waals surface area contributed by atoms with Crippen LogP contribution in [0.2, 0.25) is 0 Å². The first kappa shape index (κ1) is 17.1. The molecule has 1 saturated heterocycles. The van der Waals surface area contributed by atoms with E-state index in [1.807, 2.05) is 0 Å². The Morgan fingerprint density at radius 2 is 1.87 bits per heavy atom. The first-order valence-electron chi connectivity index (χ1n) is 6.51. The van der Waals surface area contributed by atoms with Gasteiger partial charge in [0.05, 0.1) is 10.5 Å². The van der Waals surface area contributed by atoms with E-state index >= 15 is 0 Å². The molecule has 0 bridgehead atoms. The van der Waals surface area contributed by atoms with Crippen LogP contribution in [0.5, 0.6) is 17.2 Å². The van der Waals surface area contributed by atoms with E-state index in [0.29, 0.717) is 0 Å². The van der Waals surface area contributed by atoms with Gasteiger partial charge in [-0.1, -0.05) is 24.0 Å². The van der Waals surface area contributed by atoms with E-state index in [-0.39, 0.29) is 51.4 Å². The van der Waals surface area contributed by atoms with Crippen molar-refractivity contribution in [3.8, 4) is 17.2 Å². The van der Waals surface area contributed by atoms with E-state index in [9.17, 15) is 24.9 Å². The molecular weight excluding hydrogens is 342 g/mol. The van der Waals surface area contributed by atoms with Crippen LogP contribution in [0.15, 0.2) is 17.0 Å². The fourth-order valence-corrected chi connectivity index (χ4v) is 3.26. The average molecular weight is 355 g/mol. The lowest BCUT2D eigenvalue weighted by atomic mass is 10.1. The van der Waals surface area contributed by atoms with Crippen molar-refractivity contribution in [2.45, 2.75) is 12.8 Å². The van der Waals surface area contributed by atoms with Gasteiger partial charge in [-0.15, -0.1) is 0 Å². The van der Waals surface area contributed by atoms with Crippen LogP contribution in [0.4, 0.5) is 0 Å². The molecule has 0 spiro atoms. The number of aromatic hydroxyl groups is 3. The van der Waals surface area contributed by atoms with Crippen molar-refractivity contribution in [1.29, 1.82) is 0 Å². The molecule has 1 aliphatic rings. The van der Waals surface area contributed by atoms with E-state index in [0.717, 1.165) is 23.9 Å². The van der Waals surface area contributed by atoms with E-state index < -0.39 is 11.9 Å². The number of phenols is 3. The Balaban J connectivity index is 2.20. The molecule has 0 atom stereocenters. The molecule has 9 heteroatoms. The summed E-state index contributed by atoms with van der Waals surface area (Å²) in [5.74, 6) is -2.43. The number of nitrogens with zero attached hydrogens (tertiary/aromatic N) is 1. The number of thiocarbonyl (C=S) groups is 1. The first-order valence-corrected chi connectivity index (χ1v) is 7.74. The fourth-order valence-electron chi connectivity index (χ4n) is 1.97. The summed E-state index contributed by atoms with van der Waals surface area (Å²) in [7, 11) is 0. The van der Waals surface area contributed by atoms with Crippen LogP contribution in [-0.2, 0) is 9.59 Å². The van der Waals surface area contributed by atoms with Crippen molar-refractivity contribution < 1.29 is 30.0 Å². The maximum absolute atomic E-state index is 12.3. The molecule has 1 aromatic carbocycles. The van der Waals surface area contributed by atoms with Crippen LogP contribution in [-0.4, -0.2) is 48.1 Å². The summed E-state index contributed by atoms with van der Waals surface area (Å²) in [5.41, 5.74) is -0.00571. The highest BCUT2D eigenvalue weighted by molar-refractivity contribution is 8.26. The minimum absolute atomic E-state index is 0.00571. The number of hydrogen-bond acceptors (Lipinski definition) is 7. The van der Waals surface area contributed by atoms with E-state index in [1.165, 1.54) is 11.0 Å². The molecule has 1 amide bonds. The summed E-state index contributed by atoms with van der Waals surface area (Å²) in [5, 5.41) is 37.4. The third-order valence-corrected chi connectivity index (χ3v) is 4.42. The van der Waals surface area contributed by atoms with E-state index in [1.54, 1.807) is 0 Å². The Hall–Kier alpha value is -2.26. The van der Waals surface area contributed by atoms with Gasteiger partial charge in [0, 0.05) is 25.1 Å². The summed E-state index contributed by atoms with van der Waals surface area (Å²) in [6, 6.07) is 2.08. The molecule has 1 aromatic rings. The van der Waals surface area contributed by atoms with Crippen LogP contribution >= 0.6 is 24.0 Å². The minimum atomic E-state index is -0.954. The lowest BCUT2D eigenvalue weighted by Gasteiger charge is -2.13. The lowest BCUT2D eigenvalue weighted by Crippen LogP contribution is -2.29. The van der Waals surface area contributed by atoms with Crippen molar-refractivity contribution in [2.75, 3.05) is 6.54 Å². The second-order valence-electron chi connectivity index (χ2n) is 4.73. The van der Waals surface area contributed by atoms with E-state index in [4.69, 9.17) is 17.3 Å². The van der Waals surface area contributed by atoms with Gasteiger partial charge in [0.2, 0.25) is 0 Å². The van der Waals surface area contributed by atoms with Gasteiger partial charge in [-0.25, -0.2) is 0 Å². The molecule has 1 fully saturated rings. The largest absolute Gasteiger partial charge is 0.508 e. The number of carboxylic acids is 1. The number of rotatable bonds is 5. The molecule has 1 heterocycles. The summed E-state index contributed by atoms with van der Waals surface area (Å²) in [6.45, 7) is 0.182. The monoisotopic (exact) mass is 355 g/mol. The highest BCUT2D eigenvalue weighted by Crippen LogP contribution is 2.38. The highest BCUT2D eigenvalue weighted by atomic mass is 32.2. The van der Waals surface area contributed by atoms with E-state index in [2.05, 4.69) is 0 Å². The Morgan fingerprint density at radius 1 is 1.26 bits per heavy atom. The molecule has 7 nitrogen and oxygen atoms in total. The minimum Gasteiger partial charge on any atom is -0.508 e. The standard InChI is InChI=1S/C14H13NO6S2/c16-7-4-9(17)8(10(18)5-7)6-11-13(21)15(14(22)23-11)3-1-2-12(19)20/h4-6,16-18H,1-3H2,(H,19,20). The molecule has 0 aromatic heterocycles. The molecule has 4 N–H and O–H groups in total. The third kappa shape index (κ3) is 3.93. The van der Waals surface area contributed by atoms with Crippen molar-refractivity contribution in [1.82, 2.24) is 4.90 Å². The lowest BCUT2D eigenvalue weighted by molar-refractivity contribution is -0.137. The predicted molar refractivity (Wildman–Crippen MR) is 88.2 cm³/mol. The van der Waals surface area contributed by atoms with Crippen LogP contribution in [0.3, 0.4) is 0 Å². The number of carbonyl (C=O) groups excluding carboxylic acids is 1. The molecular formula is C14H13NO6S2. The second-order valence-corrected chi connectivity index (χ2v) is 6.40. The number of carbonyl (C=O) groups is 2. The van der Waals surface area contributed by atoms with Crippen LogP contribution < -0.4 is 0 Å². The molecule has 1 aliphatic heterocycles. The van der Waals surface area contributed by atoms with Gasteiger partial charge in [0.15, 0.2) is 0 Å². The van der Waals surface area contributed by atoms with Crippen molar-refractivity contribution in [3.63, 3.8) is 0 Å². The quantitative estimate of drug-likeness (QED) is 0.467. The summed E-state index contributed by atoms with van der Waals surface area (Å²) in [6.07, 6.45) is 1.47. The molecule has 0 unspecified atom stereocenters. The second kappa shape index (κ2) is 6.88. The Labute approximate surface area is 140 Å². The zero-order chi connectivity index (χ0) is 17.1. The van der Waals surface area contributed by atoms with Gasteiger partial charge in [-0.3, -0.25) is 14.5 Å². The molecule has 23 heavy (non-hydrogen) atoms. The molecule has 122 valence electrons. The number of benzene rings is 1. The zero-order valence-electron chi connectivity index (χ0n) is 11.7. The smallest absolute Gasteiger partial charge is 0.303 e. The SMILES string of the molecule is O=C(O)CCCN1C(=O)C(=Cc2c(O)cc(O)cc2O)SC1=S. The predicted octanol–water partition coefficient (Wildman–Crippen LogP) is 1.87. The topological polar surface area (TPSA) is 118 Å². The molecule has 2 rings (SSSR count). The number of hydrogen-bond donors (Lipinski definition) is 4. The highest BCUT2D eigenvalue weighted by Gasteiger charge is 2.32. The maximum atomic E-state index is 12.3. The first-order chi connectivity index (χ1) is 10.8. The zero-order valence-corrected chi connectivity index (χ0v) is 13.4. The fraction of sp³-hybridized carbons (Fsp3) is 0.214. The molecule has 0 radical (unpaired) electrons. The Kier molecular flexibility index (Phi) is 5.12. The van der Waals surface area contributed by atoms with Gasteiger partial charge in [-0.05, 0) is 12.5 Å². The van der Waals surface area contributed by atoms with Gasteiger partial charge < -0.3 is 20.4 Å². The average Bonchev–Trinajstić information content (AvgIpc) is 2.69. The number of amides is 1. The normalized spacial score (nSPS) is 16.3. The Bertz CT molecular complexity index is 692. The number of carboxylic acid groups (broad SMARTS) is 1. The summed E-state index contributed by atoms with van der Waals surface area (Å²) >= 11 is 6.08. The number of aliphatic carboxylic acids is 1. The number of thioether (sulfide) groups is 1. The Morgan fingerprint density at radius 3 is 2.43 bits per heavy atom. The van der Waals surface area contributed by atoms with Gasteiger partial charge >= 0.3 is 5.97 Å². The van der Waals surface area contributed by atoms with Crippen LogP contribution in [0.1, 0.15) is 18.4 Å². The van der Waals surface area contributed by atoms with Crippen molar-refractivity contribution in [2.24, 2.45) is 0 Å². The molecule has 0 saturated carbocycles. The van der Waals surface area contributed by atoms with Crippen molar-refractivity contribution >= 4 is 46.3 Å². The molecule has 0 aliphatic carbocycles. The van der Waals surface area contributed by atoms with Gasteiger partial charge in [0.25, 0.3) is 5.91 Å². The van der Waals surface area contributed by atoms with Gasteiger partial charge in [0.1, 0.15) is 21.6 Å². The summed E-state index contributed by atoms with van der Waals surface area (Å²) in [4.78, 5) is 24.3. The van der Waals surface area contributed by atoms with Crippen LogP contribution in [0, 0.1) is 0 Å². The van der Waals surface area contributed by atoms with Crippen LogP contribution in [0.25, 0.3) is 6.08 Å². The summed E-state index contributed by atoms with van der Waals surface area (Å²) < 4.78 is 0.282. The maximum Gasteiger partial charge on any atom is 0.303 e. The third-order valence-electron chi connectivity index (χ3n) is 3.04. The number of phenolic OH excluding ortho intramolecular Hbond substituents is 3. The van der Waals surface area contributed by atoms with Gasteiger partial charge in [-0.2, -0.15) is 0 Å².